The first kappa shape index (κ1) is 27.1. The molecule has 27 heavy (non-hydrogen) atoms. The molecule has 1 atom stereocenters. The number of hydrogen-bond acceptors (Lipinski definition) is 3. The second-order valence-corrected chi connectivity index (χ2v) is 8.98. The lowest BCUT2D eigenvalue weighted by molar-refractivity contribution is 0.0403. The Kier molecular flexibility index (Phi) is 19.4. The van der Waals surface area contributed by atoms with Gasteiger partial charge in [-0.25, -0.2) is 4.57 Å². The van der Waals surface area contributed by atoms with Crippen molar-refractivity contribution < 1.29 is 23.6 Å². The molecule has 0 amide bonds. The molecule has 1 unspecified atom stereocenters. The van der Waals surface area contributed by atoms with Gasteiger partial charge in [-0.1, -0.05) is 103 Å². The van der Waals surface area contributed by atoms with E-state index in [4.69, 9.17) is 14.5 Å². The van der Waals surface area contributed by atoms with Gasteiger partial charge in [0.25, 0.3) is 0 Å². The van der Waals surface area contributed by atoms with Crippen molar-refractivity contribution in [2.24, 2.45) is 0 Å². The van der Waals surface area contributed by atoms with Crippen LogP contribution >= 0.6 is 7.82 Å². The van der Waals surface area contributed by atoms with E-state index in [9.17, 15) is 4.57 Å². The predicted octanol–water partition coefficient (Wildman–Crippen LogP) is 6.76. The van der Waals surface area contributed by atoms with E-state index in [-0.39, 0.29) is 6.61 Å². The Balaban J connectivity index is 3.12. The van der Waals surface area contributed by atoms with Crippen LogP contribution in [0, 0.1) is 0 Å². The fourth-order valence-electron chi connectivity index (χ4n) is 3.27. The molecule has 0 fully saturated rings. The summed E-state index contributed by atoms with van der Waals surface area (Å²) in [5.74, 6) is 0. The fourth-order valence-corrected chi connectivity index (χ4v) is 3.80. The van der Waals surface area contributed by atoms with Gasteiger partial charge in [0.05, 0.1) is 12.7 Å². The first-order valence-corrected chi connectivity index (χ1v) is 12.8. The zero-order chi connectivity index (χ0) is 20.2. The van der Waals surface area contributed by atoms with Gasteiger partial charge in [0, 0.05) is 6.61 Å². The third-order valence-electron chi connectivity index (χ3n) is 4.81. The highest BCUT2D eigenvalue weighted by molar-refractivity contribution is 7.46. The molecular formula is C21H45O5P. The number of ether oxygens (including phenoxy) is 1. The van der Waals surface area contributed by atoms with Crippen LogP contribution in [0.5, 0.6) is 0 Å². The number of rotatable bonds is 21. The molecule has 0 saturated carbocycles. The van der Waals surface area contributed by atoms with Crippen LogP contribution in [0.25, 0.3) is 0 Å². The van der Waals surface area contributed by atoms with Gasteiger partial charge in [-0.05, 0) is 13.3 Å². The molecule has 0 saturated heterocycles. The normalized spacial score (nSPS) is 13.2. The summed E-state index contributed by atoms with van der Waals surface area (Å²) in [4.78, 5) is 17.3. The van der Waals surface area contributed by atoms with Crippen molar-refractivity contribution in [3.05, 3.63) is 0 Å². The quantitative estimate of drug-likeness (QED) is 0.162. The van der Waals surface area contributed by atoms with Gasteiger partial charge < -0.3 is 14.5 Å². The maximum absolute atomic E-state index is 10.7. The summed E-state index contributed by atoms with van der Waals surface area (Å²) in [5, 5.41) is 0. The van der Waals surface area contributed by atoms with Crippen LogP contribution in [-0.2, 0) is 13.8 Å². The Morgan fingerprint density at radius 3 is 1.44 bits per heavy atom. The summed E-state index contributed by atoms with van der Waals surface area (Å²) in [6, 6.07) is 0. The lowest BCUT2D eigenvalue weighted by Crippen LogP contribution is -2.15. The summed E-state index contributed by atoms with van der Waals surface area (Å²) >= 11 is 0. The first-order valence-electron chi connectivity index (χ1n) is 11.3. The van der Waals surface area contributed by atoms with Gasteiger partial charge in [-0.15, -0.1) is 0 Å². The van der Waals surface area contributed by atoms with E-state index < -0.39 is 13.9 Å². The molecule has 164 valence electrons. The molecular weight excluding hydrogens is 363 g/mol. The lowest BCUT2D eigenvalue weighted by atomic mass is 10.0. The van der Waals surface area contributed by atoms with Crippen molar-refractivity contribution in [2.75, 3.05) is 13.2 Å². The molecule has 0 aliphatic carbocycles. The predicted molar refractivity (Wildman–Crippen MR) is 113 cm³/mol. The van der Waals surface area contributed by atoms with Gasteiger partial charge in [0.1, 0.15) is 0 Å². The van der Waals surface area contributed by atoms with Crippen LogP contribution in [0.4, 0.5) is 0 Å². The molecule has 0 heterocycles. The van der Waals surface area contributed by atoms with Gasteiger partial charge >= 0.3 is 7.82 Å². The van der Waals surface area contributed by atoms with E-state index in [2.05, 4.69) is 11.4 Å². The van der Waals surface area contributed by atoms with Crippen LogP contribution in [0.2, 0.25) is 0 Å². The molecule has 6 heteroatoms. The van der Waals surface area contributed by atoms with Crippen molar-refractivity contribution in [3.63, 3.8) is 0 Å². The van der Waals surface area contributed by atoms with E-state index in [0.717, 1.165) is 12.8 Å². The molecule has 0 aromatic rings. The van der Waals surface area contributed by atoms with E-state index in [1.54, 1.807) is 6.92 Å². The third-order valence-corrected chi connectivity index (χ3v) is 5.45. The second kappa shape index (κ2) is 19.4. The van der Waals surface area contributed by atoms with E-state index >= 15 is 0 Å². The van der Waals surface area contributed by atoms with E-state index in [1.165, 1.54) is 89.9 Å². The van der Waals surface area contributed by atoms with Gasteiger partial charge in [0.2, 0.25) is 0 Å². The van der Waals surface area contributed by atoms with Crippen molar-refractivity contribution >= 4 is 7.82 Å². The van der Waals surface area contributed by atoms with E-state index in [1.807, 2.05) is 0 Å². The SMILES string of the molecule is CCCCCCCCCCCCCCCCCCOCC(C)OP(=O)(O)O. The molecule has 0 aromatic carbocycles. The largest absolute Gasteiger partial charge is 0.469 e. The molecule has 0 rings (SSSR count). The van der Waals surface area contributed by atoms with Gasteiger partial charge in [-0.3, -0.25) is 4.52 Å². The van der Waals surface area contributed by atoms with E-state index in [0.29, 0.717) is 6.61 Å². The lowest BCUT2D eigenvalue weighted by Gasteiger charge is -2.13. The summed E-state index contributed by atoms with van der Waals surface area (Å²) in [6.07, 6.45) is 20.9. The van der Waals surface area contributed by atoms with Crippen molar-refractivity contribution in [3.8, 4) is 0 Å². The van der Waals surface area contributed by atoms with Crippen LogP contribution in [-0.4, -0.2) is 29.1 Å². The Morgan fingerprint density at radius 2 is 1.07 bits per heavy atom. The van der Waals surface area contributed by atoms with Crippen LogP contribution in [0.1, 0.15) is 117 Å². The molecule has 0 aliphatic rings. The second-order valence-electron chi connectivity index (χ2n) is 7.78. The Morgan fingerprint density at radius 1 is 0.704 bits per heavy atom. The van der Waals surface area contributed by atoms with Crippen molar-refractivity contribution in [2.45, 2.75) is 123 Å². The standard InChI is InChI=1S/C21H45O5P/c1-3-4-5-6-7-8-9-10-11-12-13-14-15-16-17-18-19-25-20-21(2)26-27(22,23)24/h21H,3-20H2,1-2H3,(H2,22,23,24). The molecule has 2 N–H and O–H groups in total. The summed E-state index contributed by atoms with van der Waals surface area (Å²) in [7, 11) is -4.40. The van der Waals surface area contributed by atoms with Crippen LogP contribution in [0.3, 0.4) is 0 Å². The number of unbranched alkanes of at least 4 members (excludes halogenated alkanes) is 15. The molecule has 0 aliphatic heterocycles. The Hall–Kier alpha value is 0.0700. The smallest absolute Gasteiger partial charge is 0.379 e. The number of phosphoric acid groups is 1. The third kappa shape index (κ3) is 24.0. The maximum atomic E-state index is 10.7. The number of hydrogen-bond donors (Lipinski definition) is 2. The summed E-state index contributed by atoms with van der Waals surface area (Å²) in [6.45, 7) is 4.73. The summed E-state index contributed by atoms with van der Waals surface area (Å²) < 4.78 is 20.6. The highest BCUT2D eigenvalue weighted by Gasteiger charge is 2.18. The average Bonchev–Trinajstić information content (AvgIpc) is 2.59. The Labute approximate surface area is 167 Å². The highest BCUT2D eigenvalue weighted by atomic mass is 31.2. The molecule has 5 nitrogen and oxygen atoms in total. The topological polar surface area (TPSA) is 76.0 Å². The fraction of sp³-hybridized carbons (Fsp3) is 1.00. The monoisotopic (exact) mass is 408 g/mol. The zero-order valence-corrected chi connectivity index (χ0v) is 18.8. The molecule has 0 radical (unpaired) electrons. The minimum absolute atomic E-state index is 0.226. The van der Waals surface area contributed by atoms with Crippen molar-refractivity contribution in [1.82, 2.24) is 0 Å². The zero-order valence-electron chi connectivity index (χ0n) is 17.9. The number of phosphoric ester groups is 1. The minimum Gasteiger partial charge on any atom is -0.379 e. The van der Waals surface area contributed by atoms with Crippen molar-refractivity contribution in [1.29, 1.82) is 0 Å². The van der Waals surface area contributed by atoms with Gasteiger partial charge in [-0.2, -0.15) is 0 Å². The summed E-state index contributed by atoms with van der Waals surface area (Å²) in [5.41, 5.74) is 0. The minimum atomic E-state index is -4.40. The molecule has 0 aromatic heterocycles. The Bertz CT molecular complexity index is 345. The molecule has 0 spiro atoms. The highest BCUT2D eigenvalue weighted by Crippen LogP contribution is 2.37. The average molecular weight is 409 g/mol. The van der Waals surface area contributed by atoms with Crippen LogP contribution < -0.4 is 0 Å². The molecule has 0 bridgehead atoms. The maximum Gasteiger partial charge on any atom is 0.469 e. The van der Waals surface area contributed by atoms with Gasteiger partial charge in [0.15, 0.2) is 0 Å². The first-order chi connectivity index (χ1) is 13.0. The van der Waals surface area contributed by atoms with Crippen LogP contribution in [0.15, 0.2) is 0 Å².